The Morgan fingerprint density at radius 3 is 2.52 bits per heavy atom. The zero-order valence-electron chi connectivity index (χ0n) is 15.0. The van der Waals surface area contributed by atoms with Gasteiger partial charge in [-0.2, -0.15) is 9.78 Å². The fourth-order valence-electron chi connectivity index (χ4n) is 2.94. The Hall–Kier alpha value is -3.60. The van der Waals surface area contributed by atoms with Crippen LogP contribution in [-0.2, 0) is 0 Å². The first kappa shape index (κ1) is 16.8. The highest BCUT2D eigenvalue weighted by Crippen LogP contribution is 2.28. The fourth-order valence-corrected chi connectivity index (χ4v) is 2.94. The van der Waals surface area contributed by atoms with Crippen LogP contribution in [0.2, 0.25) is 0 Å². The summed E-state index contributed by atoms with van der Waals surface area (Å²) in [6, 6.07) is 20.8. The first-order valence-corrected chi connectivity index (χ1v) is 8.60. The van der Waals surface area contributed by atoms with Crippen molar-refractivity contribution in [1.82, 2.24) is 9.78 Å². The number of carbonyl (C=O) groups is 1. The highest BCUT2D eigenvalue weighted by Gasteiger charge is 2.19. The SMILES string of the molecule is Cc1ccc(-n2nc(-c3ccccc3)cc2OC(=O)c2ccco2)c(C)c1. The van der Waals surface area contributed by atoms with Crippen LogP contribution in [0.1, 0.15) is 21.7 Å². The van der Waals surface area contributed by atoms with Gasteiger partial charge < -0.3 is 9.15 Å². The van der Waals surface area contributed by atoms with Gasteiger partial charge in [-0.1, -0.05) is 48.0 Å². The second-order valence-corrected chi connectivity index (χ2v) is 6.30. The highest BCUT2D eigenvalue weighted by molar-refractivity contribution is 5.88. The maximum Gasteiger partial charge on any atom is 0.380 e. The Labute approximate surface area is 156 Å². The summed E-state index contributed by atoms with van der Waals surface area (Å²) >= 11 is 0. The summed E-state index contributed by atoms with van der Waals surface area (Å²) in [6.07, 6.45) is 1.44. The zero-order valence-corrected chi connectivity index (χ0v) is 15.0. The van der Waals surface area contributed by atoms with Gasteiger partial charge in [0, 0.05) is 11.6 Å². The zero-order chi connectivity index (χ0) is 18.8. The molecule has 0 aliphatic rings. The Balaban J connectivity index is 1.80. The molecule has 0 atom stereocenters. The van der Waals surface area contributed by atoms with Gasteiger partial charge in [0.2, 0.25) is 11.6 Å². The van der Waals surface area contributed by atoms with Gasteiger partial charge >= 0.3 is 5.97 Å². The van der Waals surface area contributed by atoms with Gasteiger partial charge in [-0.25, -0.2) is 4.79 Å². The van der Waals surface area contributed by atoms with Gasteiger partial charge in [-0.3, -0.25) is 0 Å². The molecule has 4 rings (SSSR count). The fraction of sp³-hybridized carbons (Fsp3) is 0.0909. The van der Waals surface area contributed by atoms with E-state index in [1.165, 1.54) is 6.26 Å². The molecule has 0 bridgehead atoms. The number of hydrogen-bond donors (Lipinski definition) is 0. The van der Waals surface area contributed by atoms with Crippen LogP contribution in [0.25, 0.3) is 16.9 Å². The molecule has 5 heteroatoms. The predicted octanol–water partition coefficient (Wildman–Crippen LogP) is 4.97. The quantitative estimate of drug-likeness (QED) is 0.483. The van der Waals surface area contributed by atoms with E-state index >= 15 is 0 Å². The van der Waals surface area contributed by atoms with Crippen molar-refractivity contribution in [2.75, 3.05) is 0 Å². The number of aromatic nitrogens is 2. The van der Waals surface area contributed by atoms with Gasteiger partial charge in [0.15, 0.2) is 0 Å². The molecule has 0 aliphatic carbocycles. The number of rotatable bonds is 4. The maximum atomic E-state index is 12.4. The third-order valence-electron chi connectivity index (χ3n) is 4.25. The van der Waals surface area contributed by atoms with Crippen molar-refractivity contribution in [3.63, 3.8) is 0 Å². The molecule has 27 heavy (non-hydrogen) atoms. The Morgan fingerprint density at radius 2 is 1.81 bits per heavy atom. The van der Waals surface area contributed by atoms with Crippen molar-refractivity contribution in [2.45, 2.75) is 13.8 Å². The first-order chi connectivity index (χ1) is 13.1. The summed E-state index contributed by atoms with van der Waals surface area (Å²) < 4.78 is 12.4. The molecular formula is C22H18N2O3. The smallest absolute Gasteiger partial charge is 0.380 e. The van der Waals surface area contributed by atoms with E-state index in [9.17, 15) is 4.79 Å². The van der Waals surface area contributed by atoms with E-state index in [0.717, 1.165) is 28.1 Å². The minimum Gasteiger partial charge on any atom is -0.457 e. The predicted molar refractivity (Wildman–Crippen MR) is 102 cm³/mol. The number of furan rings is 1. The lowest BCUT2D eigenvalue weighted by molar-refractivity contribution is 0.0689. The number of aryl methyl sites for hydroxylation is 2. The van der Waals surface area contributed by atoms with Gasteiger partial charge in [-0.05, 0) is 37.6 Å². The summed E-state index contributed by atoms with van der Waals surface area (Å²) in [5.41, 5.74) is 4.70. The number of carbonyl (C=O) groups excluding carboxylic acids is 1. The van der Waals surface area contributed by atoms with E-state index in [-0.39, 0.29) is 5.76 Å². The molecule has 0 amide bonds. The lowest BCUT2D eigenvalue weighted by Crippen LogP contribution is -2.11. The molecule has 0 aliphatic heterocycles. The minimum absolute atomic E-state index is 0.143. The molecule has 2 aromatic carbocycles. The number of nitrogens with zero attached hydrogens (tertiary/aromatic N) is 2. The van der Waals surface area contributed by atoms with Crippen molar-refractivity contribution in [3.05, 3.63) is 89.9 Å². The van der Waals surface area contributed by atoms with Crippen molar-refractivity contribution in [2.24, 2.45) is 0 Å². The summed E-state index contributed by atoms with van der Waals surface area (Å²) in [5.74, 6) is -0.0858. The molecule has 5 nitrogen and oxygen atoms in total. The molecule has 4 aromatic rings. The molecule has 0 saturated carbocycles. The standard InChI is InChI=1S/C22H18N2O3/c1-15-10-11-19(16(2)13-15)24-21(27-22(25)20-9-6-12-26-20)14-18(23-24)17-7-4-3-5-8-17/h3-14H,1-2H3. The number of hydrogen-bond acceptors (Lipinski definition) is 4. The average Bonchev–Trinajstić information content (AvgIpc) is 3.33. The van der Waals surface area contributed by atoms with E-state index in [0.29, 0.717) is 5.88 Å². The highest BCUT2D eigenvalue weighted by atomic mass is 16.6. The molecule has 2 heterocycles. The molecule has 134 valence electrons. The average molecular weight is 358 g/mol. The van der Waals surface area contributed by atoms with Gasteiger partial charge in [0.25, 0.3) is 0 Å². The molecule has 0 fully saturated rings. The Morgan fingerprint density at radius 1 is 1.00 bits per heavy atom. The third-order valence-corrected chi connectivity index (χ3v) is 4.25. The van der Waals surface area contributed by atoms with Gasteiger partial charge in [0.1, 0.15) is 0 Å². The number of esters is 1. The van der Waals surface area contributed by atoms with Crippen LogP contribution in [-0.4, -0.2) is 15.7 Å². The van der Waals surface area contributed by atoms with E-state index in [4.69, 9.17) is 9.15 Å². The lowest BCUT2D eigenvalue weighted by atomic mass is 10.1. The Kier molecular flexibility index (Phi) is 4.34. The molecule has 2 aromatic heterocycles. The first-order valence-electron chi connectivity index (χ1n) is 8.60. The van der Waals surface area contributed by atoms with E-state index in [1.807, 2.05) is 56.3 Å². The number of ether oxygens (including phenoxy) is 1. The normalized spacial score (nSPS) is 10.7. The molecule has 0 unspecified atom stereocenters. The van der Waals surface area contributed by atoms with E-state index in [2.05, 4.69) is 11.2 Å². The molecule has 0 radical (unpaired) electrons. The third kappa shape index (κ3) is 3.40. The van der Waals surface area contributed by atoms with Crippen LogP contribution in [0, 0.1) is 13.8 Å². The van der Waals surface area contributed by atoms with Crippen LogP contribution >= 0.6 is 0 Å². The van der Waals surface area contributed by atoms with Crippen LogP contribution in [0.15, 0.2) is 77.4 Å². The van der Waals surface area contributed by atoms with Crippen LogP contribution in [0.5, 0.6) is 5.88 Å². The summed E-state index contributed by atoms with van der Waals surface area (Å²) in [6.45, 7) is 4.04. The molecule has 0 N–H and O–H groups in total. The van der Waals surface area contributed by atoms with Crippen molar-refractivity contribution < 1.29 is 13.9 Å². The Bertz CT molecular complexity index is 1080. The second-order valence-electron chi connectivity index (χ2n) is 6.30. The van der Waals surface area contributed by atoms with Crippen LogP contribution in [0.3, 0.4) is 0 Å². The lowest BCUT2D eigenvalue weighted by Gasteiger charge is -2.10. The topological polar surface area (TPSA) is 57.3 Å². The van der Waals surface area contributed by atoms with Crippen molar-refractivity contribution in [1.29, 1.82) is 0 Å². The van der Waals surface area contributed by atoms with Crippen LogP contribution < -0.4 is 4.74 Å². The van der Waals surface area contributed by atoms with E-state index < -0.39 is 5.97 Å². The largest absolute Gasteiger partial charge is 0.457 e. The maximum absolute atomic E-state index is 12.4. The molecule has 0 spiro atoms. The number of benzene rings is 2. The molecule has 0 saturated heterocycles. The van der Waals surface area contributed by atoms with Gasteiger partial charge in [0.05, 0.1) is 17.6 Å². The van der Waals surface area contributed by atoms with Crippen LogP contribution in [0.4, 0.5) is 0 Å². The summed E-state index contributed by atoms with van der Waals surface area (Å²) in [5, 5.41) is 4.68. The molecular weight excluding hydrogens is 340 g/mol. The summed E-state index contributed by atoms with van der Waals surface area (Å²) in [7, 11) is 0. The summed E-state index contributed by atoms with van der Waals surface area (Å²) in [4.78, 5) is 12.4. The van der Waals surface area contributed by atoms with Crippen molar-refractivity contribution >= 4 is 5.97 Å². The van der Waals surface area contributed by atoms with E-state index in [1.54, 1.807) is 22.9 Å². The minimum atomic E-state index is -0.564. The van der Waals surface area contributed by atoms with Gasteiger partial charge in [-0.15, -0.1) is 0 Å². The second kappa shape index (κ2) is 6.96. The monoisotopic (exact) mass is 358 g/mol. The van der Waals surface area contributed by atoms with Crippen molar-refractivity contribution in [3.8, 4) is 22.8 Å².